The van der Waals surface area contributed by atoms with Crippen molar-refractivity contribution in [2.24, 2.45) is 0 Å². The Kier molecular flexibility index (Phi) is 5.49. The predicted octanol–water partition coefficient (Wildman–Crippen LogP) is 0.983. The summed E-state index contributed by atoms with van der Waals surface area (Å²) < 4.78 is 5.50. The molecule has 1 atom stereocenters. The van der Waals surface area contributed by atoms with Gasteiger partial charge in [-0.3, -0.25) is 24.1 Å². The van der Waals surface area contributed by atoms with E-state index >= 15 is 0 Å². The van der Waals surface area contributed by atoms with Gasteiger partial charge in [-0.2, -0.15) is 0 Å². The van der Waals surface area contributed by atoms with E-state index in [9.17, 15) is 19.2 Å². The van der Waals surface area contributed by atoms with Gasteiger partial charge in [0.1, 0.15) is 5.75 Å². The molecular weight excluding hydrogens is 386 g/mol. The molecule has 0 radical (unpaired) electrons. The van der Waals surface area contributed by atoms with E-state index in [1.54, 1.807) is 24.3 Å². The van der Waals surface area contributed by atoms with Gasteiger partial charge in [-0.1, -0.05) is 31.0 Å². The van der Waals surface area contributed by atoms with Gasteiger partial charge in [-0.25, -0.2) is 0 Å². The molecule has 30 heavy (non-hydrogen) atoms. The molecule has 4 rings (SSSR count). The minimum atomic E-state index is -1.31. The zero-order valence-corrected chi connectivity index (χ0v) is 17.2. The number of rotatable bonds is 5. The summed E-state index contributed by atoms with van der Waals surface area (Å²) in [5, 5.41) is 2.70. The predicted molar refractivity (Wildman–Crippen MR) is 108 cm³/mol. The number of nitrogens with one attached hydrogen (secondary N) is 1. The van der Waals surface area contributed by atoms with Gasteiger partial charge >= 0.3 is 0 Å². The maximum atomic E-state index is 13.8. The van der Waals surface area contributed by atoms with Crippen molar-refractivity contribution in [3.63, 3.8) is 0 Å². The SMILES string of the molecule is COc1ccccc1C1(CC(=O)N2CCNC(=O)C2)CC(=O)N(C2CCCC2)C1=O. The zero-order valence-electron chi connectivity index (χ0n) is 17.2. The van der Waals surface area contributed by atoms with Gasteiger partial charge in [0.05, 0.1) is 19.1 Å². The van der Waals surface area contributed by atoms with Gasteiger partial charge < -0.3 is 15.0 Å². The molecule has 1 N–H and O–H groups in total. The first-order valence-corrected chi connectivity index (χ1v) is 10.5. The normalized spacial score (nSPS) is 25.0. The lowest BCUT2D eigenvalue weighted by Gasteiger charge is -2.33. The summed E-state index contributed by atoms with van der Waals surface area (Å²) in [6, 6.07) is 6.99. The van der Waals surface area contributed by atoms with Crippen molar-refractivity contribution in [2.75, 3.05) is 26.7 Å². The molecule has 3 fully saturated rings. The molecule has 2 heterocycles. The largest absolute Gasteiger partial charge is 0.496 e. The maximum absolute atomic E-state index is 13.8. The molecule has 4 amide bonds. The topological polar surface area (TPSA) is 96.0 Å². The first-order valence-electron chi connectivity index (χ1n) is 10.5. The van der Waals surface area contributed by atoms with Crippen LogP contribution < -0.4 is 10.1 Å². The van der Waals surface area contributed by atoms with Gasteiger partial charge in [0.15, 0.2) is 0 Å². The van der Waals surface area contributed by atoms with Crippen LogP contribution in [0.2, 0.25) is 0 Å². The summed E-state index contributed by atoms with van der Waals surface area (Å²) in [5.74, 6) is -0.593. The molecule has 0 aromatic heterocycles. The van der Waals surface area contributed by atoms with Crippen LogP contribution in [0.1, 0.15) is 44.1 Å². The van der Waals surface area contributed by atoms with Crippen molar-refractivity contribution < 1.29 is 23.9 Å². The molecule has 1 aromatic rings. The average molecular weight is 413 g/mol. The number of para-hydroxylation sites is 1. The summed E-state index contributed by atoms with van der Waals surface area (Å²) in [6.07, 6.45) is 3.37. The Morgan fingerprint density at radius 3 is 2.63 bits per heavy atom. The van der Waals surface area contributed by atoms with E-state index in [1.165, 1.54) is 16.9 Å². The van der Waals surface area contributed by atoms with E-state index in [2.05, 4.69) is 5.32 Å². The maximum Gasteiger partial charge on any atom is 0.241 e. The van der Waals surface area contributed by atoms with Gasteiger partial charge in [0.2, 0.25) is 23.6 Å². The molecule has 2 aliphatic heterocycles. The number of ether oxygens (including phenoxy) is 1. The van der Waals surface area contributed by atoms with Crippen LogP contribution in [-0.4, -0.2) is 66.2 Å². The van der Waals surface area contributed by atoms with Crippen LogP contribution in [0.4, 0.5) is 0 Å². The molecule has 1 unspecified atom stereocenters. The third-order valence-corrected chi connectivity index (χ3v) is 6.51. The van der Waals surface area contributed by atoms with Crippen molar-refractivity contribution in [2.45, 2.75) is 50.0 Å². The highest BCUT2D eigenvalue weighted by Gasteiger charge is 2.57. The third-order valence-electron chi connectivity index (χ3n) is 6.51. The van der Waals surface area contributed by atoms with E-state index in [4.69, 9.17) is 4.74 Å². The summed E-state index contributed by atoms with van der Waals surface area (Å²) in [6.45, 7) is 0.740. The summed E-state index contributed by atoms with van der Waals surface area (Å²) in [4.78, 5) is 54.6. The van der Waals surface area contributed by atoms with Crippen molar-refractivity contribution in [1.82, 2.24) is 15.1 Å². The molecule has 2 saturated heterocycles. The number of amides is 4. The fraction of sp³-hybridized carbons (Fsp3) is 0.545. The van der Waals surface area contributed by atoms with Crippen LogP contribution in [-0.2, 0) is 24.6 Å². The molecule has 0 bridgehead atoms. The minimum absolute atomic E-state index is 0.0324. The lowest BCUT2D eigenvalue weighted by atomic mass is 9.75. The Labute approximate surface area is 175 Å². The highest BCUT2D eigenvalue weighted by atomic mass is 16.5. The number of carbonyl (C=O) groups is 4. The number of likely N-dealkylation sites (tertiary alicyclic amines) is 1. The van der Waals surface area contributed by atoms with Crippen molar-refractivity contribution >= 4 is 23.6 Å². The molecule has 0 spiro atoms. The number of methoxy groups -OCH3 is 1. The smallest absolute Gasteiger partial charge is 0.241 e. The highest BCUT2D eigenvalue weighted by Crippen LogP contribution is 2.46. The van der Waals surface area contributed by atoms with Crippen LogP contribution in [0.3, 0.4) is 0 Å². The minimum Gasteiger partial charge on any atom is -0.496 e. The van der Waals surface area contributed by atoms with Crippen molar-refractivity contribution in [1.29, 1.82) is 0 Å². The van der Waals surface area contributed by atoms with E-state index in [-0.39, 0.29) is 49.1 Å². The molecular formula is C22H27N3O5. The number of imide groups is 1. The van der Waals surface area contributed by atoms with E-state index < -0.39 is 5.41 Å². The van der Waals surface area contributed by atoms with E-state index in [0.717, 1.165) is 25.7 Å². The third kappa shape index (κ3) is 3.44. The second-order valence-corrected chi connectivity index (χ2v) is 8.31. The molecule has 1 aromatic carbocycles. The first-order chi connectivity index (χ1) is 14.5. The molecule has 8 heteroatoms. The van der Waals surface area contributed by atoms with Crippen LogP contribution >= 0.6 is 0 Å². The Morgan fingerprint density at radius 2 is 1.93 bits per heavy atom. The molecule has 160 valence electrons. The zero-order chi connectivity index (χ0) is 21.3. The number of piperazine rings is 1. The van der Waals surface area contributed by atoms with Gasteiger partial charge in [0, 0.05) is 37.5 Å². The number of benzene rings is 1. The van der Waals surface area contributed by atoms with Crippen LogP contribution in [0.15, 0.2) is 24.3 Å². The average Bonchev–Trinajstić information content (AvgIpc) is 3.35. The Balaban J connectivity index is 1.72. The molecule has 1 saturated carbocycles. The lowest BCUT2D eigenvalue weighted by molar-refractivity contribution is -0.145. The van der Waals surface area contributed by atoms with Crippen LogP contribution in [0.25, 0.3) is 0 Å². The van der Waals surface area contributed by atoms with Gasteiger partial charge in [-0.05, 0) is 18.9 Å². The standard InChI is InChI=1S/C22H27N3O5/c1-30-17-9-5-4-8-16(17)22(12-19(27)24-11-10-23-18(26)14-24)13-20(28)25(21(22)29)15-6-2-3-7-15/h4-5,8-9,15H,2-3,6-7,10-14H2,1H3,(H,23,26). The van der Waals surface area contributed by atoms with Crippen molar-refractivity contribution in [3.8, 4) is 5.75 Å². The second kappa shape index (κ2) is 8.08. The number of hydrogen-bond acceptors (Lipinski definition) is 5. The molecule has 1 aliphatic carbocycles. The Bertz CT molecular complexity index is 879. The van der Waals surface area contributed by atoms with E-state index in [0.29, 0.717) is 24.4 Å². The monoisotopic (exact) mass is 413 g/mol. The highest BCUT2D eigenvalue weighted by molar-refractivity contribution is 6.11. The van der Waals surface area contributed by atoms with Crippen LogP contribution in [0, 0.1) is 0 Å². The number of carbonyl (C=O) groups excluding carboxylic acids is 4. The summed E-state index contributed by atoms with van der Waals surface area (Å²) in [5.41, 5.74) is -0.752. The van der Waals surface area contributed by atoms with Gasteiger partial charge in [0.25, 0.3) is 0 Å². The Morgan fingerprint density at radius 1 is 1.20 bits per heavy atom. The van der Waals surface area contributed by atoms with Crippen molar-refractivity contribution in [3.05, 3.63) is 29.8 Å². The van der Waals surface area contributed by atoms with Crippen LogP contribution in [0.5, 0.6) is 5.75 Å². The fourth-order valence-electron chi connectivity index (χ4n) is 5.00. The number of hydrogen-bond donors (Lipinski definition) is 1. The lowest BCUT2D eigenvalue weighted by Crippen LogP contribution is -2.52. The van der Waals surface area contributed by atoms with E-state index in [1.807, 2.05) is 0 Å². The molecule has 8 nitrogen and oxygen atoms in total. The first kappa shape index (κ1) is 20.4. The van der Waals surface area contributed by atoms with Gasteiger partial charge in [-0.15, -0.1) is 0 Å². The molecule has 3 aliphatic rings. The quantitative estimate of drug-likeness (QED) is 0.726. The summed E-state index contributed by atoms with van der Waals surface area (Å²) in [7, 11) is 1.51. The summed E-state index contributed by atoms with van der Waals surface area (Å²) >= 11 is 0. The fourth-order valence-corrected chi connectivity index (χ4v) is 5.00. The second-order valence-electron chi connectivity index (χ2n) is 8.31. The number of nitrogens with zero attached hydrogens (tertiary/aromatic N) is 2. The Hall–Kier alpha value is -2.90.